The Hall–Kier alpha value is -3.30. The minimum Gasteiger partial charge on any atom is -0.472 e. The molecule has 4 heterocycles. The van der Waals surface area contributed by atoms with Gasteiger partial charge in [0.1, 0.15) is 35.6 Å². The van der Waals surface area contributed by atoms with Crippen LogP contribution in [0.15, 0.2) is 34.7 Å². The summed E-state index contributed by atoms with van der Waals surface area (Å²) < 4.78 is 48.7. The van der Waals surface area contributed by atoms with E-state index in [1.54, 1.807) is 26.8 Å². The van der Waals surface area contributed by atoms with Gasteiger partial charge in [0.05, 0.1) is 25.1 Å². The van der Waals surface area contributed by atoms with Crippen LogP contribution in [0.1, 0.15) is 72.5 Å². The molecule has 254 valence electrons. The fraction of sp³-hybridized carbons (Fsp3) is 0.697. The van der Waals surface area contributed by atoms with Crippen molar-refractivity contribution in [3.63, 3.8) is 0 Å². The highest BCUT2D eigenvalue weighted by atomic mass is 16.9. The number of rotatable bonds is 5. The smallest absolute Gasteiger partial charge is 0.331 e. The number of cyclic esters (lactones) is 1. The minimum absolute atomic E-state index is 0.112. The molecule has 0 unspecified atom stereocenters. The highest BCUT2D eigenvalue weighted by molar-refractivity contribution is 5.86. The number of fused-ring (bicyclic) bond motifs is 4. The van der Waals surface area contributed by atoms with E-state index in [4.69, 9.17) is 37.6 Å². The summed E-state index contributed by atoms with van der Waals surface area (Å²) >= 11 is 0. The van der Waals surface area contributed by atoms with Crippen molar-refractivity contribution in [2.24, 2.45) is 22.2 Å². The van der Waals surface area contributed by atoms with Gasteiger partial charge in [-0.1, -0.05) is 13.8 Å². The third-order valence-corrected chi connectivity index (χ3v) is 13.1. The molecule has 4 saturated carbocycles. The summed E-state index contributed by atoms with van der Waals surface area (Å²) in [4.78, 5) is 52.3. The molecule has 1 aromatic heterocycles. The molecule has 4 bridgehead atoms. The molecule has 3 aliphatic heterocycles. The highest BCUT2D eigenvalue weighted by Crippen LogP contribution is 2.88. The predicted molar refractivity (Wildman–Crippen MR) is 151 cm³/mol. The Morgan fingerprint density at radius 1 is 1.04 bits per heavy atom. The first-order chi connectivity index (χ1) is 21.8. The number of carbonyl (C=O) groups is 4. The number of furan rings is 1. The summed E-state index contributed by atoms with van der Waals surface area (Å²) in [7, 11) is 1.24. The zero-order valence-corrected chi connectivity index (χ0v) is 27.1. The third-order valence-electron chi connectivity index (χ3n) is 13.1. The van der Waals surface area contributed by atoms with Crippen molar-refractivity contribution in [1.29, 1.82) is 0 Å². The molecule has 2 saturated heterocycles. The van der Waals surface area contributed by atoms with Gasteiger partial charge in [0, 0.05) is 56.1 Å². The van der Waals surface area contributed by atoms with E-state index in [-0.39, 0.29) is 24.8 Å². The zero-order valence-electron chi connectivity index (χ0n) is 27.1. The maximum atomic E-state index is 13.6. The van der Waals surface area contributed by atoms with Crippen LogP contribution in [0, 0.1) is 22.2 Å². The molecule has 13 atom stereocenters. The van der Waals surface area contributed by atoms with Crippen LogP contribution in [0.3, 0.4) is 0 Å². The van der Waals surface area contributed by atoms with Crippen molar-refractivity contribution in [1.82, 2.24) is 0 Å². The van der Waals surface area contributed by atoms with Crippen molar-refractivity contribution in [3.8, 4) is 0 Å². The highest BCUT2D eigenvalue weighted by Gasteiger charge is 3.02. The molecule has 14 heteroatoms. The van der Waals surface area contributed by atoms with Gasteiger partial charge in [-0.05, 0) is 30.9 Å². The van der Waals surface area contributed by atoms with E-state index in [1.807, 2.05) is 0 Å². The monoisotopic (exact) mass is 658 g/mol. The summed E-state index contributed by atoms with van der Waals surface area (Å²) in [6.07, 6.45) is -1.37. The molecular formula is C33H38O14. The molecule has 0 aromatic carbocycles. The van der Waals surface area contributed by atoms with Crippen molar-refractivity contribution >= 4 is 23.9 Å². The number of methoxy groups -OCH3 is 1. The van der Waals surface area contributed by atoms with E-state index in [2.05, 4.69) is 0 Å². The van der Waals surface area contributed by atoms with Gasteiger partial charge in [0.25, 0.3) is 5.97 Å². The second-order valence-electron chi connectivity index (χ2n) is 15.0. The van der Waals surface area contributed by atoms with Crippen LogP contribution < -0.4 is 0 Å². The Balaban J connectivity index is 1.47. The number of aliphatic hydroxyl groups is 2. The number of carbonyl (C=O) groups excluding carboxylic acids is 4. The Morgan fingerprint density at radius 3 is 2.36 bits per heavy atom. The molecule has 6 fully saturated rings. The normalized spacial score (nSPS) is 52.7. The van der Waals surface area contributed by atoms with Gasteiger partial charge in [-0.2, -0.15) is 0 Å². The fourth-order valence-corrected chi connectivity index (χ4v) is 11.7. The van der Waals surface area contributed by atoms with Gasteiger partial charge in [0.15, 0.2) is 11.2 Å². The molecular weight excluding hydrogens is 620 g/mol. The predicted octanol–water partition coefficient (Wildman–Crippen LogP) is 1.76. The Labute approximate surface area is 269 Å². The van der Waals surface area contributed by atoms with Crippen LogP contribution in [-0.2, 0) is 52.3 Å². The average molecular weight is 659 g/mol. The van der Waals surface area contributed by atoms with Gasteiger partial charge in [-0.25, -0.2) is 4.79 Å². The number of hydrogen-bond acceptors (Lipinski definition) is 14. The SMILES string of the molecule is COC(=O)C[C@@H]1[C@@]2(C)C[C@@]3(O)[C@@](O)([C@@H]2OC(C)=O)[C@H]2O[C@]4(C)O[C@]5(C[C@@H](OC(C)=O)[C@@]6(C)C(=CC(=O)O[C@H]6c6ccoc6)[C@]25O4)[C@@]13C. The van der Waals surface area contributed by atoms with E-state index < -0.39 is 98.8 Å². The summed E-state index contributed by atoms with van der Waals surface area (Å²) in [5.74, 6) is -5.40. The average Bonchev–Trinajstić information content (AvgIpc) is 3.74. The maximum Gasteiger partial charge on any atom is 0.331 e. The molecule has 8 rings (SSSR count). The van der Waals surface area contributed by atoms with E-state index in [0.29, 0.717) is 5.56 Å². The Kier molecular flexibility index (Phi) is 5.70. The molecule has 4 aliphatic carbocycles. The Morgan fingerprint density at radius 2 is 1.74 bits per heavy atom. The quantitative estimate of drug-likeness (QED) is 0.344. The second-order valence-corrected chi connectivity index (χ2v) is 15.0. The molecule has 1 spiro atoms. The van der Waals surface area contributed by atoms with Crippen molar-refractivity contribution < 1.29 is 67.0 Å². The van der Waals surface area contributed by atoms with Gasteiger partial charge in [0.2, 0.25) is 0 Å². The van der Waals surface area contributed by atoms with Gasteiger partial charge in [-0.3, -0.25) is 14.4 Å². The molecule has 47 heavy (non-hydrogen) atoms. The van der Waals surface area contributed by atoms with Crippen LogP contribution >= 0.6 is 0 Å². The van der Waals surface area contributed by atoms with Crippen LogP contribution in [0.25, 0.3) is 0 Å². The summed E-state index contributed by atoms with van der Waals surface area (Å²) in [6, 6.07) is 1.63. The molecule has 14 nitrogen and oxygen atoms in total. The lowest BCUT2D eigenvalue weighted by atomic mass is 9.34. The van der Waals surface area contributed by atoms with Crippen LogP contribution in [0.2, 0.25) is 0 Å². The molecule has 0 radical (unpaired) electrons. The first-order valence-corrected chi connectivity index (χ1v) is 15.7. The second kappa shape index (κ2) is 8.64. The molecule has 2 N–H and O–H groups in total. The standard InChI is InChI=1S/C33H38O14/c1-15(34)42-20-12-31-28(5)18(10-21(36)40-7)26(3)14-30(28,38)32(39,24(26)43-16(2)35)25-33(31,47-29(6,45-25)46-31)19-11-22(37)44-23(27(19,20)4)17-8-9-41-13-17/h8-9,11,13,18,20,23-25,38-39H,10,12,14H2,1-7H3/t18-,20-,23+,24-,25-,26-,27-,28+,29-,30+,31-,32-,33+/m1/s1. The molecule has 1 aromatic rings. The van der Waals surface area contributed by atoms with Crippen molar-refractivity contribution in [2.45, 2.75) is 114 Å². The number of ether oxygens (including phenoxy) is 7. The number of esters is 4. The summed E-state index contributed by atoms with van der Waals surface area (Å²) in [5, 5.41) is 26.4. The minimum atomic E-state index is -2.34. The topological polar surface area (TPSA) is 186 Å². The molecule has 7 aliphatic rings. The molecule has 0 amide bonds. The van der Waals surface area contributed by atoms with E-state index in [1.165, 1.54) is 46.5 Å². The van der Waals surface area contributed by atoms with E-state index >= 15 is 0 Å². The van der Waals surface area contributed by atoms with Crippen molar-refractivity contribution in [3.05, 3.63) is 35.8 Å². The van der Waals surface area contributed by atoms with Gasteiger partial charge in [-0.15, -0.1) is 0 Å². The van der Waals surface area contributed by atoms with Gasteiger partial charge >= 0.3 is 23.9 Å². The van der Waals surface area contributed by atoms with Crippen LogP contribution in [0.4, 0.5) is 0 Å². The van der Waals surface area contributed by atoms with Crippen LogP contribution in [0.5, 0.6) is 0 Å². The lowest BCUT2D eigenvalue weighted by molar-refractivity contribution is -0.446. The first-order valence-electron chi connectivity index (χ1n) is 15.7. The van der Waals surface area contributed by atoms with Gasteiger partial charge < -0.3 is 47.8 Å². The largest absolute Gasteiger partial charge is 0.472 e. The lowest BCUT2D eigenvalue weighted by Crippen LogP contribution is -2.93. The summed E-state index contributed by atoms with van der Waals surface area (Å²) in [6.45, 7) is 9.21. The Bertz CT molecular complexity index is 1670. The zero-order chi connectivity index (χ0) is 34.0. The first kappa shape index (κ1) is 31.0. The maximum absolute atomic E-state index is 13.6. The lowest BCUT2D eigenvalue weighted by Gasteiger charge is -2.76. The number of hydrogen-bond donors (Lipinski definition) is 2. The van der Waals surface area contributed by atoms with E-state index in [9.17, 15) is 29.4 Å². The summed E-state index contributed by atoms with van der Waals surface area (Å²) in [5.41, 5.74) is -11.5. The fourth-order valence-electron chi connectivity index (χ4n) is 11.7. The van der Waals surface area contributed by atoms with Crippen LogP contribution in [-0.4, -0.2) is 87.9 Å². The van der Waals surface area contributed by atoms with Crippen molar-refractivity contribution in [2.75, 3.05) is 7.11 Å². The third kappa shape index (κ3) is 2.99. The van der Waals surface area contributed by atoms with E-state index in [0.717, 1.165) is 0 Å².